The predicted octanol–water partition coefficient (Wildman–Crippen LogP) is 2.53. The number of cyclic esters (lactones) is 1. The molecule has 3 fully saturated rings. The molecule has 3 aliphatic heterocycles. The van der Waals surface area contributed by atoms with E-state index >= 15 is 0 Å². The maximum atomic E-state index is 12.8. The summed E-state index contributed by atoms with van der Waals surface area (Å²) in [5, 5.41) is 11.2. The van der Waals surface area contributed by atoms with Crippen LogP contribution in [0.1, 0.15) is 44.8 Å². The zero-order valence-corrected chi connectivity index (χ0v) is 14.8. The summed E-state index contributed by atoms with van der Waals surface area (Å²) in [5.74, 6) is -1.20. The molecular formula is C20H22O6. The van der Waals surface area contributed by atoms with Crippen molar-refractivity contribution in [1.82, 2.24) is 0 Å². The van der Waals surface area contributed by atoms with E-state index in [-0.39, 0.29) is 23.9 Å². The molecule has 5 aliphatic rings. The van der Waals surface area contributed by atoms with Gasteiger partial charge in [-0.05, 0) is 42.9 Å². The van der Waals surface area contributed by atoms with Crippen molar-refractivity contribution in [2.45, 2.75) is 50.9 Å². The Kier molecular flexibility index (Phi) is 2.97. The Morgan fingerprint density at radius 1 is 1.23 bits per heavy atom. The van der Waals surface area contributed by atoms with Gasteiger partial charge < -0.3 is 19.0 Å². The third-order valence-electron chi connectivity index (χ3n) is 7.51. The average Bonchev–Trinajstić information content (AvgIpc) is 3.10. The van der Waals surface area contributed by atoms with Gasteiger partial charge in [-0.25, -0.2) is 4.79 Å². The number of carbonyl (C=O) groups is 2. The molecule has 0 aromatic carbocycles. The maximum Gasteiger partial charge on any atom is 0.343 e. The lowest BCUT2D eigenvalue weighted by molar-refractivity contribution is -0.259. The van der Waals surface area contributed by atoms with E-state index in [0.29, 0.717) is 19.3 Å². The van der Waals surface area contributed by atoms with Crippen LogP contribution in [-0.4, -0.2) is 28.8 Å². The van der Waals surface area contributed by atoms with Crippen LogP contribution < -0.4 is 0 Å². The summed E-state index contributed by atoms with van der Waals surface area (Å²) in [6, 6.07) is 1.81. The minimum absolute atomic E-state index is 0.149. The lowest BCUT2D eigenvalue weighted by Gasteiger charge is -2.65. The summed E-state index contributed by atoms with van der Waals surface area (Å²) < 4.78 is 16.4. The van der Waals surface area contributed by atoms with Gasteiger partial charge in [0.15, 0.2) is 5.60 Å². The molecule has 1 aromatic heterocycles. The Morgan fingerprint density at radius 2 is 2.04 bits per heavy atom. The van der Waals surface area contributed by atoms with Crippen LogP contribution in [0.25, 0.3) is 0 Å². The van der Waals surface area contributed by atoms with Gasteiger partial charge in [-0.3, -0.25) is 4.79 Å². The standard InChI is InChI=1S/C20H22O6/c1-18-9-14(11-5-8-24-10-11)25-16(21)12(18)3-6-19(2)15(18)13-4-7-20(19,23)17(22)26-13/h4-5,7-8,10,12-15,23H,3,6,9H2,1-2H3/t12?,13?,14?,15?,18-,19-,20-/m1/s1. The molecule has 2 aliphatic carbocycles. The third kappa shape index (κ3) is 1.71. The molecule has 0 radical (unpaired) electrons. The van der Waals surface area contributed by atoms with Crippen LogP contribution in [-0.2, 0) is 19.1 Å². The number of ether oxygens (including phenoxy) is 2. The fourth-order valence-corrected chi connectivity index (χ4v) is 6.16. The average molecular weight is 358 g/mol. The third-order valence-corrected chi connectivity index (χ3v) is 7.51. The molecule has 0 spiro atoms. The van der Waals surface area contributed by atoms with E-state index in [4.69, 9.17) is 13.9 Å². The predicted molar refractivity (Wildman–Crippen MR) is 88.6 cm³/mol. The summed E-state index contributed by atoms with van der Waals surface area (Å²) in [6.07, 6.45) is 7.52. The van der Waals surface area contributed by atoms with Crippen LogP contribution in [0.4, 0.5) is 0 Å². The van der Waals surface area contributed by atoms with Gasteiger partial charge in [0.05, 0.1) is 18.4 Å². The molecule has 1 N–H and O–H groups in total. The summed E-state index contributed by atoms with van der Waals surface area (Å²) in [6.45, 7) is 4.04. The Balaban J connectivity index is 1.61. The highest BCUT2D eigenvalue weighted by molar-refractivity contribution is 5.86. The molecule has 4 heterocycles. The molecule has 6 nitrogen and oxygen atoms in total. The second-order valence-corrected chi connectivity index (χ2v) is 8.67. The van der Waals surface area contributed by atoms with Gasteiger partial charge >= 0.3 is 11.9 Å². The highest BCUT2D eigenvalue weighted by atomic mass is 16.6. The normalized spacial score (nSPS) is 49.2. The molecule has 2 saturated heterocycles. The van der Waals surface area contributed by atoms with Gasteiger partial charge in [-0.2, -0.15) is 0 Å². The molecule has 1 saturated carbocycles. The lowest BCUT2D eigenvalue weighted by atomic mass is 9.42. The number of fused-ring (bicyclic) bond motifs is 2. The summed E-state index contributed by atoms with van der Waals surface area (Å²) in [5.41, 5.74) is -1.91. The Morgan fingerprint density at radius 3 is 2.73 bits per heavy atom. The van der Waals surface area contributed by atoms with Gasteiger partial charge in [-0.15, -0.1) is 0 Å². The fourth-order valence-electron chi connectivity index (χ4n) is 6.16. The molecule has 6 heteroatoms. The van der Waals surface area contributed by atoms with Gasteiger partial charge in [-0.1, -0.05) is 13.8 Å². The van der Waals surface area contributed by atoms with Crippen LogP contribution in [0.2, 0.25) is 0 Å². The molecule has 0 amide bonds. The van der Waals surface area contributed by atoms with Crippen LogP contribution in [0.15, 0.2) is 35.2 Å². The number of furan rings is 1. The molecule has 138 valence electrons. The number of carbonyl (C=O) groups excluding carboxylic acids is 2. The smallest absolute Gasteiger partial charge is 0.343 e. The highest BCUT2D eigenvalue weighted by Crippen LogP contribution is 2.67. The minimum Gasteiger partial charge on any atom is -0.472 e. The first-order valence-electron chi connectivity index (χ1n) is 9.15. The van der Waals surface area contributed by atoms with E-state index in [9.17, 15) is 14.7 Å². The second kappa shape index (κ2) is 4.80. The summed E-state index contributed by atoms with van der Waals surface area (Å²) in [7, 11) is 0. The Bertz CT molecular complexity index is 812. The first-order valence-corrected chi connectivity index (χ1v) is 9.15. The minimum atomic E-state index is -1.63. The number of hydrogen-bond acceptors (Lipinski definition) is 6. The lowest BCUT2D eigenvalue weighted by Crippen LogP contribution is -2.72. The van der Waals surface area contributed by atoms with Crippen LogP contribution in [0.5, 0.6) is 0 Å². The topological polar surface area (TPSA) is 86.0 Å². The Hall–Kier alpha value is -2.08. The van der Waals surface area contributed by atoms with E-state index in [1.165, 1.54) is 0 Å². The van der Waals surface area contributed by atoms with E-state index in [2.05, 4.69) is 6.92 Å². The van der Waals surface area contributed by atoms with Crippen molar-refractivity contribution in [2.24, 2.45) is 22.7 Å². The van der Waals surface area contributed by atoms with E-state index in [1.807, 2.05) is 13.0 Å². The molecular weight excluding hydrogens is 336 g/mol. The zero-order chi connectivity index (χ0) is 18.3. The quantitative estimate of drug-likeness (QED) is 0.613. The van der Waals surface area contributed by atoms with Gasteiger partial charge in [0, 0.05) is 16.9 Å². The monoisotopic (exact) mass is 358 g/mol. The molecule has 6 rings (SSSR count). The number of hydrogen-bond donors (Lipinski definition) is 1. The molecule has 26 heavy (non-hydrogen) atoms. The van der Waals surface area contributed by atoms with Crippen LogP contribution >= 0.6 is 0 Å². The second-order valence-electron chi connectivity index (χ2n) is 8.67. The van der Waals surface area contributed by atoms with E-state index in [0.717, 1.165) is 5.56 Å². The van der Waals surface area contributed by atoms with Crippen molar-refractivity contribution in [2.75, 3.05) is 0 Å². The van der Waals surface area contributed by atoms with E-state index < -0.39 is 28.5 Å². The first kappa shape index (κ1) is 16.1. The van der Waals surface area contributed by atoms with Crippen molar-refractivity contribution in [3.05, 3.63) is 36.3 Å². The van der Waals surface area contributed by atoms with Crippen molar-refractivity contribution < 1.29 is 28.6 Å². The SMILES string of the molecule is C[C@@]12CC(c3ccoc3)OC(=O)C1CC[C@]1(C)C2C2C=C[C@@]1(O)C(=O)O2. The van der Waals surface area contributed by atoms with Gasteiger partial charge in [0.1, 0.15) is 12.2 Å². The molecule has 7 atom stereocenters. The zero-order valence-electron chi connectivity index (χ0n) is 14.8. The van der Waals surface area contributed by atoms with Crippen molar-refractivity contribution in [1.29, 1.82) is 0 Å². The Labute approximate surface area is 151 Å². The van der Waals surface area contributed by atoms with Crippen molar-refractivity contribution in [3.63, 3.8) is 0 Å². The molecule has 4 unspecified atom stereocenters. The number of aliphatic hydroxyl groups is 1. The first-order chi connectivity index (χ1) is 12.3. The summed E-state index contributed by atoms with van der Waals surface area (Å²) in [4.78, 5) is 25.2. The van der Waals surface area contributed by atoms with E-state index in [1.54, 1.807) is 24.7 Å². The molecule has 1 aromatic rings. The molecule has 2 bridgehead atoms. The van der Waals surface area contributed by atoms with Gasteiger partial charge in [0.25, 0.3) is 0 Å². The summed E-state index contributed by atoms with van der Waals surface area (Å²) >= 11 is 0. The highest BCUT2D eigenvalue weighted by Gasteiger charge is 2.72. The maximum absolute atomic E-state index is 12.8. The fraction of sp³-hybridized carbons (Fsp3) is 0.600. The van der Waals surface area contributed by atoms with Crippen LogP contribution in [0, 0.1) is 22.7 Å². The number of rotatable bonds is 1. The largest absolute Gasteiger partial charge is 0.472 e. The van der Waals surface area contributed by atoms with Gasteiger partial charge in [0.2, 0.25) is 0 Å². The number of esters is 2. The van der Waals surface area contributed by atoms with Crippen LogP contribution in [0.3, 0.4) is 0 Å². The van der Waals surface area contributed by atoms with Crippen molar-refractivity contribution in [3.8, 4) is 0 Å². The van der Waals surface area contributed by atoms with Crippen molar-refractivity contribution >= 4 is 11.9 Å².